The van der Waals surface area contributed by atoms with Crippen LogP contribution in [-0.2, 0) is 27.1 Å². The van der Waals surface area contributed by atoms with Crippen LogP contribution < -0.4 is 9.74 Å². The van der Waals surface area contributed by atoms with Gasteiger partial charge in [0.05, 0.1) is 10.8 Å². The molecule has 0 unspecified atom stereocenters. The number of hydrogen-bond acceptors (Lipinski definition) is 6. The van der Waals surface area contributed by atoms with E-state index in [1.54, 1.807) is 20.8 Å². The summed E-state index contributed by atoms with van der Waals surface area (Å²) in [6.07, 6.45) is 0.232. The number of aliphatic hydroxyl groups excluding tert-OH is 1. The van der Waals surface area contributed by atoms with Gasteiger partial charge in [-0.3, -0.25) is 0 Å². The van der Waals surface area contributed by atoms with Crippen molar-refractivity contribution < 1.29 is 28.6 Å². The number of halogens is 1. The summed E-state index contributed by atoms with van der Waals surface area (Å²) in [4.78, 5) is 29.2. The van der Waals surface area contributed by atoms with E-state index < -0.39 is 32.0 Å². The van der Waals surface area contributed by atoms with Crippen LogP contribution in [0.5, 0.6) is 5.75 Å². The molecule has 2 aromatic carbocycles. The number of rotatable bonds is 13. The summed E-state index contributed by atoms with van der Waals surface area (Å²) in [6.45, 7) is 23.1. The molecule has 1 heterocycles. The predicted octanol–water partition coefficient (Wildman–Crippen LogP) is 9.16. The molecular formula is C37H55IN2O6Si. The molecular weight excluding hydrogens is 723 g/mol. The first-order valence-corrected chi connectivity index (χ1v) is 19.8. The Morgan fingerprint density at radius 2 is 1.55 bits per heavy atom. The number of amides is 1. The minimum atomic E-state index is -2.33. The number of fused-ring (bicyclic) bond motifs is 1. The van der Waals surface area contributed by atoms with Crippen molar-refractivity contribution in [3.05, 3.63) is 51.2 Å². The number of aliphatic hydroxyl groups is 1. The Hall–Kier alpha value is -2.57. The molecule has 0 fully saturated rings. The highest BCUT2D eigenvalue weighted by Gasteiger charge is 2.47. The zero-order valence-electron chi connectivity index (χ0n) is 30.3. The lowest BCUT2D eigenvalue weighted by molar-refractivity contribution is -0.143. The maximum absolute atomic E-state index is 12.9. The first-order valence-electron chi connectivity index (χ1n) is 16.5. The summed E-state index contributed by atoms with van der Waals surface area (Å²) in [5, 5.41) is 13.8. The van der Waals surface area contributed by atoms with E-state index in [1.807, 2.05) is 6.07 Å². The molecule has 260 valence electrons. The van der Waals surface area contributed by atoms with Gasteiger partial charge in [-0.15, -0.1) is 0 Å². The zero-order chi connectivity index (χ0) is 35.5. The van der Waals surface area contributed by atoms with Gasteiger partial charge < -0.3 is 29.3 Å². The molecule has 0 aliphatic heterocycles. The number of aromatic amines is 1. The Bertz CT molecular complexity index is 1530. The van der Waals surface area contributed by atoms with Crippen molar-refractivity contribution in [2.75, 3.05) is 13.7 Å². The lowest BCUT2D eigenvalue weighted by Crippen LogP contribution is -2.50. The van der Waals surface area contributed by atoms with E-state index >= 15 is 0 Å². The van der Waals surface area contributed by atoms with Gasteiger partial charge in [0.1, 0.15) is 17.4 Å². The van der Waals surface area contributed by atoms with Crippen LogP contribution in [0.15, 0.2) is 36.4 Å². The summed E-state index contributed by atoms with van der Waals surface area (Å²) < 4.78 is 18.8. The number of alkyl carbamates (subject to hydrolysis) is 1. The molecule has 1 amide bonds. The van der Waals surface area contributed by atoms with Crippen molar-refractivity contribution in [3.8, 4) is 16.9 Å². The molecule has 8 nitrogen and oxygen atoms in total. The summed E-state index contributed by atoms with van der Waals surface area (Å²) in [6, 6.07) is 11.6. The lowest BCUT2D eigenvalue weighted by atomic mass is 9.86. The Morgan fingerprint density at radius 1 is 0.936 bits per heavy atom. The summed E-state index contributed by atoms with van der Waals surface area (Å²) in [5.74, 6) is 0.199. The monoisotopic (exact) mass is 778 g/mol. The molecule has 0 saturated heterocycles. The lowest BCUT2D eigenvalue weighted by Gasteiger charge is -2.42. The van der Waals surface area contributed by atoms with Crippen molar-refractivity contribution in [1.29, 1.82) is 0 Å². The van der Waals surface area contributed by atoms with E-state index in [0.717, 1.165) is 43.5 Å². The van der Waals surface area contributed by atoms with E-state index in [4.69, 9.17) is 13.9 Å². The smallest absolute Gasteiger partial charge is 0.408 e. The second kappa shape index (κ2) is 15.3. The molecule has 3 rings (SSSR count). The Balaban J connectivity index is 2.20. The van der Waals surface area contributed by atoms with Crippen molar-refractivity contribution in [3.63, 3.8) is 0 Å². The van der Waals surface area contributed by atoms with E-state index in [-0.39, 0.29) is 18.4 Å². The molecule has 0 radical (unpaired) electrons. The maximum Gasteiger partial charge on any atom is 0.408 e. The minimum Gasteiger partial charge on any atom is -0.543 e. The average Bonchev–Trinajstić information content (AvgIpc) is 3.26. The standard InChI is InChI=1S/C37H55IN2O6Si/c1-22(2)47(23(3)4,24(5)6)46-28-16-25(17-32(34(42)44-12)40-35(43)45-36(7,8)9)15-27(18-28)26-13-14-31-29(19-26)30(33(38)39-31)20-37(10,11)21-41/h13-16,18-19,22-24,32,39,41H,17,20-21H2,1-12H3,(H,40,43)/t32-/m0/s1. The molecule has 0 spiro atoms. The summed E-state index contributed by atoms with van der Waals surface area (Å²) in [5.41, 5.74) is 5.09. The van der Waals surface area contributed by atoms with Crippen LogP contribution in [0.2, 0.25) is 16.6 Å². The zero-order valence-corrected chi connectivity index (χ0v) is 33.4. The third kappa shape index (κ3) is 9.53. The number of methoxy groups -OCH3 is 1. The minimum absolute atomic E-state index is 0.0874. The number of carbonyl (C=O) groups is 2. The number of esters is 1. The highest BCUT2D eigenvalue weighted by molar-refractivity contribution is 14.1. The topological polar surface area (TPSA) is 110 Å². The summed E-state index contributed by atoms with van der Waals surface area (Å²) in [7, 11) is -1.01. The molecule has 0 aliphatic carbocycles. The molecule has 47 heavy (non-hydrogen) atoms. The van der Waals surface area contributed by atoms with Gasteiger partial charge in [-0.1, -0.05) is 67.5 Å². The first-order chi connectivity index (χ1) is 21.7. The van der Waals surface area contributed by atoms with Crippen LogP contribution in [0, 0.1) is 9.12 Å². The molecule has 1 atom stereocenters. The van der Waals surface area contributed by atoms with Crippen LogP contribution in [0.3, 0.4) is 0 Å². The van der Waals surface area contributed by atoms with Gasteiger partial charge in [-0.25, -0.2) is 9.59 Å². The summed E-state index contributed by atoms with van der Waals surface area (Å²) >= 11 is 2.34. The van der Waals surface area contributed by atoms with Crippen LogP contribution in [0.1, 0.15) is 87.3 Å². The first kappa shape index (κ1) is 38.9. The molecule has 0 aliphatic rings. The highest BCUT2D eigenvalue weighted by atomic mass is 127. The predicted molar refractivity (Wildman–Crippen MR) is 202 cm³/mol. The Morgan fingerprint density at radius 3 is 2.09 bits per heavy atom. The van der Waals surface area contributed by atoms with Gasteiger partial charge in [0.2, 0.25) is 0 Å². The fourth-order valence-corrected chi connectivity index (χ4v) is 12.7. The highest BCUT2D eigenvalue weighted by Crippen LogP contribution is 2.44. The van der Waals surface area contributed by atoms with Gasteiger partial charge in [0, 0.05) is 23.9 Å². The Labute approximate surface area is 296 Å². The quantitative estimate of drug-likeness (QED) is 0.0908. The maximum atomic E-state index is 12.9. The average molecular weight is 779 g/mol. The molecule has 0 bridgehead atoms. The van der Waals surface area contributed by atoms with Gasteiger partial charge in [0.15, 0.2) is 0 Å². The number of hydrogen-bond donors (Lipinski definition) is 3. The molecule has 0 saturated carbocycles. The van der Waals surface area contributed by atoms with Crippen LogP contribution in [0.25, 0.3) is 22.0 Å². The SMILES string of the molecule is COC(=O)[C@H](Cc1cc(O[Si](C(C)C)(C(C)C)C(C)C)cc(-c2ccc3[nH]c(I)c(CC(C)(C)CO)c3c2)c1)NC(=O)OC(C)(C)C. The van der Waals surface area contributed by atoms with Crippen molar-refractivity contribution in [2.45, 2.75) is 117 Å². The third-order valence-electron chi connectivity index (χ3n) is 8.86. The molecule has 1 aromatic heterocycles. The molecule has 10 heteroatoms. The number of H-pyrrole nitrogens is 1. The van der Waals surface area contributed by atoms with E-state index in [2.05, 4.69) is 119 Å². The number of carbonyl (C=O) groups excluding carboxylic acids is 2. The van der Waals surface area contributed by atoms with Crippen molar-refractivity contribution in [1.82, 2.24) is 10.3 Å². The third-order valence-corrected chi connectivity index (χ3v) is 15.8. The van der Waals surface area contributed by atoms with Crippen LogP contribution >= 0.6 is 22.6 Å². The van der Waals surface area contributed by atoms with Gasteiger partial charge in [-0.2, -0.15) is 0 Å². The second-order valence-corrected chi connectivity index (χ2v) is 21.8. The van der Waals surface area contributed by atoms with Crippen LogP contribution in [-0.4, -0.2) is 55.8 Å². The number of nitrogens with one attached hydrogen (secondary N) is 2. The van der Waals surface area contributed by atoms with Gasteiger partial charge in [-0.05, 0) is 118 Å². The molecule has 3 aromatic rings. The number of aromatic nitrogens is 1. The Kier molecular flexibility index (Phi) is 12.7. The van der Waals surface area contributed by atoms with Crippen LogP contribution in [0.4, 0.5) is 4.79 Å². The number of ether oxygens (including phenoxy) is 2. The number of benzene rings is 2. The second-order valence-electron chi connectivity index (χ2n) is 15.4. The fourth-order valence-electron chi connectivity index (χ4n) is 6.68. The van der Waals surface area contributed by atoms with E-state index in [1.165, 1.54) is 12.7 Å². The largest absolute Gasteiger partial charge is 0.543 e. The van der Waals surface area contributed by atoms with Gasteiger partial charge in [0.25, 0.3) is 8.32 Å². The normalized spacial score (nSPS) is 13.4. The van der Waals surface area contributed by atoms with Gasteiger partial charge >= 0.3 is 12.1 Å². The van der Waals surface area contributed by atoms with Crippen molar-refractivity contribution in [2.24, 2.45) is 5.41 Å². The molecule has 3 N–H and O–H groups in total. The van der Waals surface area contributed by atoms with E-state index in [9.17, 15) is 14.7 Å². The van der Waals surface area contributed by atoms with E-state index in [0.29, 0.717) is 16.6 Å². The van der Waals surface area contributed by atoms with Crippen molar-refractivity contribution >= 4 is 53.9 Å². The fraction of sp³-hybridized carbons (Fsp3) is 0.568.